The Morgan fingerprint density at radius 3 is 2.55 bits per heavy atom. The maximum Gasteiger partial charge on any atom is 0.307 e. The zero-order valence-corrected chi connectivity index (χ0v) is 16.9. The van der Waals surface area contributed by atoms with E-state index in [9.17, 15) is 18.0 Å². The van der Waals surface area contributed by atoms with Crippen LogP contribution in [0.3, 0.4) is 0 Å². The van der Waals surface area contributed by atoms with E-state index >= 15 is 0 Å². The second-order valence-electron chi connectivity index (χ2n) is 6.28. The molecule has 8 nitrogen and oxygen atoms in total. The summed E-state index contributed by atoms with van der Waals surface area (Å²) in [6.45, 7) is 2.86. The van der Waals surface area contributed by atoms with E-state index in [0.29, 0.717) is 11.3 Å². The number of rotatable bonds is 8. The van der Waals surface area contributed by atoms with Crippen LogP contribution in [0.5, 0.6) is 0 Å². The number of carbonyl (C=O) groups excluding carboxylic acids is 2. The van der Waals surface area contributed by atoms with Gasteiger partial charge in [0.2, 0.25) is 10.0 Å². The van der Waals surface area contributed by atoms with E-state index in [4.69, 9.17) is 10.00 Å². The zero-order valence-electron chi connectivity index (χ0n) is 16.1. The zero-order chi connectivity index (χ0) is 21.4. The van der Waals surface area contributed by atoms with Crippen molar-refractivity contribution in [3.05, 3.63) is 59.2 Å². The molecule has 152 valence electrons. The van der Waals surface area contributed by atoms with Gasteiger partial charge in [-0.2, -0.15) is 5.26 Å². The average molecular weight is 415 g/mol. The molecule has 0 spiro atoms. The van der Waals surface area contributed by atoms with Crippen LogP contribution in [-0.2, 0) is 24.3 Å². The summed E-state index contributed by atoms with van der Waals surface area (Å²) in [7, 11) is -3.75. The molecule has 0 aromatic heterocycles. The number of aryl methyl sites for hydroxylation is 2. The van der Waals surface area contributed by atoms with Crippen LogP contribution < -0.4 is 10.0 Å². The number of nitrogens with one attached hydrogen (secondary N) is 2. The van der Waals surface area contributed by atoms with E-state index in [1.165, 1.54) is 6.07 Å². The summed E-state index contributed by atoms with van der Waals surface area (Å²) in [5, 5.41) is 11.5. The van der Waals surface area contributed by atoms with Crippen molar-refractivity contribution in [2.45, 2.75) is 25.2 Å². The Kier molecular flexibility index (Phi) is 7.47. The van der Waals surface area contributed by atoms with E-state index in [2.05, 4.69) is 10.0 Å². The molecule has 2 aromatic carbocycles. The quantitative estimate of drug-likeness (QED) is 0.636. The highest BCUT2D eigenvalue weighted by atomic mass is 32.2. The van der Waals surface area contributed by atoms with Gasteiger partial charge in [-0.3, -0.25) is 9.59 Å². The number of nitrogens with zero attached hydrogens (tertiary/aromatic N) is 1. The predicted molar refractivity (Wildman–Crippen MR) is 106 cm³/mol. The molecule has 29 heavy (non-hydrogen) atoms. The lowest BCUT2D eigenvalue weighted by molar-refractivity contribution is -0.147. The van der Waals surface area contributed by atoms with Crippen LogP contribution in [0.1, 0.15) is 23.1 Å². The highest BCUT2D eigenvalue weighted by Crippen LogP contribution is 2.16. The van der Waals surface area contributed by atoms with E-state index in [0.717, 1.165) is 5.56 Å². The van der Waals surface area contributed by atoms with Crippen molar-refractivity contribution in [3.63, 3.8) is 0 Å². The third-order valence-electron chi connectivity index (χ3n) is 3.93. The second kappa shape index (κ2) is 9.82. The standard InChI is InChI=1S/C20H21N3O5S/c1-14-7-8-18(15(2)11-14)29(26,27)22-10-9-20(25)28-13-19(24)23-17-6-4-3-5-16(17)12-21/h3-8,11,22H,9-10,13H2,1-2H3,(H,23,24). The maximum atomic E-state index is 12.3. The number of hydrogen-bond acceptors (Lipinski definition) is 6. The fraction of sp³-hybridized carbons (Fsp3) is 0.250. The van der Waals surface area contributed by atoms with Gasteiger partial charge in [-0.15, -0.1) is 0 Å². The Balaban J connectivity index is 1.80. The Morgan fingerprint density at radius 1 is 1.14 bits per heavy atom. The molecule has 0 radical (unpaired) electrons. The highest BCUT2D eigenvalue weighted by Gasteiger charge is 2.17. The van der Waals surface area contributed by atoms with E-state index < -0.39 is 28.5 Å². The molecule has 0 aliphatic heterocycles. The molecule has 0 aliphatic rings. The molecule has 2 N–H and O–H groups in total. The smallest absolute Gasteiger partial charge is 0.307 e. The molecule has 1 amide bonds. The first-order valence-corrected chi connectivity index (χ1v) is 10.2. The Morgan fingerprint density at radius 2 is 1.86 bits per heavy atom. The molecule has 0 unspecified atom stereocenters. The maximum absolute atomic E-state index is 12.3. The van der Waals surface area contributed by atoms with Gasteiger partial charge in [0, 0.05) is 6.54 Å². The van der Waals surface area contributed by atoms with Gasteiger partial charge < -0.3 is 10.1 Å². The number of anilines is 1. The van der Waals surface area contributed by atoms with Crippen LogP contribution in [0, 0.1) is 25.2 Å². The summed E-state index contributed by atoms with van der Waals surface area (Å²) in [5.74, 6) is -1.33. The van der Waals surface area contributed by atoms with Crippen LogP contribution in [-0.4, -0.2) is 33.4 Å². The number of nitriles is 1. The van der Waals surface area contributed by atoms with Gasteiger partial charge >= 0.3 is 5.97 Å². The Hall–Kier alpha value is -3.22. The first-order chi connectivity index (χ1) is 13.7. The number of carbonyl (C=O) groups is 2. The van der Waals surface area contributed by atoms with Crippen LogP contribution in [0.4, 0.5) is 5.69 Å². The van der Waals surface area contributed by atoms with Crippen molar-refractivity contribution in [2.24, 2.45) is 0 Å². The number of hydrogen-bond donors (Lipinski definition) is 2. The number of amides is 1. The van der Waals surface area contributed by atoms with Gasteiger partial charge in [0.15, 0.2) is 6.61 Å². The number of esters is 1. The van der Waals surface area contributed by atoms with Crippen molar-refractivity contribution in [1.82, 2.24) is 4.72 Å². The third kappa shape index (κ3) is 6.41. The minimum Gasteiger partial charge on any atom is -0.456 e. The lowest BCUT2D eigenvalue weighted by atomic mass is 10.2. The lowest BCUT2D eigenvalue weighted by Gasteiger charge is -2.10. The fourth-order valence-corrected chi connectivity index (χ4v) is 3.82. The molecular formula is C20H21N3O5S. The molecule has 9 heteroatoms. The summed E-state index contributed by atoms with van der Waals surface area (Å²) < 4.78 is 31.8. The Labute approximate surface area is 169 Å². The van der Waals surface area contributed by atoms with E-state index in [-0.39, 0.29) is 23.4 Å². The lowest BCUT2D eigenvalue weighted by Crippen LogP contribution is -2.28. The molecule has 0 fully saturated rings. The fourth-order valence-electron chi connectivity index (χ4n) is 2.56. The molecule has 0 bridgehead atoms. The summed E-state index contributed by atoms with van der Waals surface area (Å²) in [6.07, 6.45) is -0.230. The van der Waals surface area contributed by atoms with Gasteiger partial charge in [0.1, 0.15) is 6.07 Å². The summed E-state index contributed by atoms with van der Waals surface area (Å²) in [6, 6.07) is 13.3. The summed E-state index contributed by atoms with van der Waals surface area (Å²) >= 11 is 0. The molecule has 0 saturated heterocycles. The van der Waals surface area contributed by atoms with Crippen molar-refractivity contribution in [1.29, 1.82) is 5.26 Å². The molecule has 0 atom stereocenters. The molecule has 2 rings (SSSR count). The van der Waals surface area contributed by atoms with Gasteiger partial charge in [-0.25, -0.2) is 13.1 Å². The van der Waals surface area contributed by atoms with Crippen LogP contribution >= 0.6 is 0 Å². The van der Waals surface area contributed by atoms with Crippen molar-refractivity contribution in [3.8, 4) is 6.07 Å². The van der Waals surface area contributed by atoms with E-state index in [1.54, 1.807) is 43.3 Å². The number of para-hydroxylation sites is 1. The predicted octanol–water partition coefficient (Wildman–Crippen LogP) is 2.03. The topological polar surface area (TPSA) is 125 Å². The van der Waals surface area contributed by atoms with Crippen molar-refractivity contribution >= 4 is 27.6 Å². The first-order valence-electron chi connectivity index (χ1n) is 8.74. The average Bonchev–Trinajstić information content (AvgIpc) is 2.66. The second-order valence-corrected chi connectivity index (χ2v) is 8.02. The summed E-state index contributed by atoms with van der Waals surface area (Å²) in [4.78, 5) is 23.8. The number of ether oxygens (including phenoxy) is 1. The SMILES string of the molecule is Cc1ccc(S(=O)(=O)NCCC(=O)OCC(=O)Nc2ccccc2C#N)c(C)c1. The first kappa shape index (κ1) is 22.1. The molecule has 0 saturated carbocycles. The van der Waals surface area contributed by atoms with Gasteiger partial charge in [0.25, 0.3) is 5.91 Å². The van der Waals surface area contributed by atoms with E-state index in [1.807, 2.05) is 13.0 Å². The summed E-state index contributed by atoms with van der Waals surface area (Å²) in [5.41, 5.74) is 2.15. The van der Waals surface area contributed by atoms with Crippen LogP contribution in [0.2, 0.25) is 0 Å². The van der Waals surface area contributed by atoms with Gasteiger partial charge in [-0.05, 0) is 37.6 Å². The molecule has 0 aliphatic carbocycles. The van der Waals surface area contributed by atoms with Crippen LogP contribution in [0.15, 0.2) is 47.4 Å². The van der Waals surface area contributed by atoms with Crippen LogP contribution in [0.25, 0.3) is 0 Å². The molecular weight excluding hydrogens is 394 g/mol. The molecule has 2 aromatic rings. The van der Waals surface area contributed by atoms with Crippen molar-refractivity contribution < 1.29 is 22.7 Å². The van der Waals surface area contributed by atoms with Crippen molar-refractivity contribution in [2.75, 3.05) is 18.5 Å². The minimum atomic E-state index is -3.75. The number of benzene rings is 2. The normalized spacial score (nSPS) is 10.8. The Bertz CT molecular complexity index is 1060. The molecule has 0 heterocycles. The third-order valence-corrected chi connectivity index (χ3v) is 5.55. The monoisotopic (exact) mass is 415 g/mol. The van der Waals surface area contributed by atoms with Gasteiger partial charge in [-0.1, -0.05) is 29.8 Å². The van der Waals surface area contributed by atoms with Gasteiger partial charge in [0.05, 0.1) is 22.6 Å². The highest BCUT2D eigenvalue weighted by molar-refractivity contribution is 7.89. The minimum absolute atomic E-state index is 0.145. The largest absolute Gasteiger partial charge is 0.456 e. The number of sulfonamides is 1.